The molecular formula is C14H20FNO2. The van der Waals surface area contributed by atoms with E-state index in [9.17, 15) is 9.18 Å². The van der Waals surface area contributed by atoms with E-state index >= 15 is 0 Å². The van der Waals surface area contributed by atoms with Crippen molar-refractivity contribution in [1.29, 1.82) is 0 Å². The lowest BCUT2D eigenvalue weighted by atomic mass is 10.1. The standard InChI is InChI=1S/C14H20FNO2/c1-5-14(3,4)18-13(17)16-10(2)11-7-6-8-12(15)9-11/h6-10H,5H2,1-4H3,(H,16,17). The molecule has 1 aromatic carbocycles. The number of halogens is 1. The fourth-order valence-corrected chi connectivity index (χ4v) is 1.39. The molecule has 0 heterocycles. The molecule has 4 heteroatoms. The van der Waals surface area contributed by atoms with Gasteiger partial charge in [-0.05, 0) is 44.9 Å². The van der Waals surface area contributed by atoms with E-state index in [1.807, 2.05) is 20.8 Å². The molecule has 1 atom stereocenters. The molecule has 1 aromatic rings. The molecule has 1 unspecified atom stereocenters. The topological polar surface area (TPSA) is 38.3 Å². The summed E-state index contributed by atoms with van der Waals surface area (Å²) in [5.41, 5.74) is 0.215. The molecular weight excluding hydrogens is 233 g/mol. The minimum absolute atomic E-state index is 0.291. The molecule has 0 aliphatic carbocycles. The molecule has 0 fully saturated rings. The number of hydrogen-bond donors (Lipinski definition) is 1. The Bertz CT molecular complexity index is 418. The summed E-state index contributed by atoms with van der Waals surface area (Å²) < 4.78 is 18.3. The van der Waals surface area contributed by atoms with Gasteiger partial charge in [0.2, 0.25) is 0 Å². The Morgan fingerprint density at radius 2 is 2.17 bits per heavy atom. The van der Waals surface area contributed by atoms with Crippen LogP contribution >= 0.6 is 0 Å². The van der Waals surface area contributed by atoms with Gasteiger partial charge in [0.1, 0.15) is 11.4 Å². The third-order valence-electron chi connectivity index (χ3n) is 2.90. The molecule has 1 rings (SSSR count). The fourth-order valence-electron chi connectivity index (χ4n) is 1.39. The Morgan fingerprint density at radius 3 is 2.72 bits per heavy atom. The second kappa shape index (κ2) is 5.85. The number of nitrogens with one attached hydrogen (secondary N) is 1. The smallest absolute Gasteiger partial charge is 0.408 e. The van der Waals surface area contributed by atoms with Gasteiger partial charge in [0.25, 0.3) is 0 Å². The summed E-state index contributed by atoms with van der Waals surface area (Å²) in [6.45, 7) is 7.43. The van der Waals surface area contributed by atoms with Crippen molar-refractivity contribution in [3.05, 3.63) is 35.6 Å². The van der Waals surface area contributed by atoms with Crippen LogP contribution in [0.15, 0.2) is 24.3 Å². The molecule has 0 spiro atoms. The monoisotopic (exact) mass is 253 g/mol. The molecule has 0 aliphatic heterocycles. The van der Waals surface area contributed by atoms with Crippen LogP contribution in [0.5, 0.6) is 0 Å². The van der Waals surface area contributed by atoms with Crippen molar-refractivity contribution in [2.24, 2.45) is 0 Å². The van der Waals surface area contributed by atoms with Crippen LogP contribution < -0.4 is 5.32 Å². The van der Waals surface area contributed by atoms with E-state index in [1.165, 1.54) is 12.1 Å². The highest BCUT2D eigenvalue weighted by Gasteiger charge is 2.21. The van der Waals surface area contributed by atoms with Crippen LogP contribution in [0.4, 0.5) is 9.18 Å². The van der Waals surface area contributed by atoms with Crippen LogP contribution in [0, 0.1) is 5.82 Å². The fraction of sp³-hybridized carbons (Fsp3) is 0.500. The molecule has 0 radical (unpaired) electrons. The number of carbonyl (C=O) groups excluding carboxylic acids is 1. The van der Waals surface area contributed by atoms with Crippen LogP contribution in [0.3, 0.4) is 0 Å². The summed E-state index contributed by atoms with van der Waals surface area (Å²) >= 11 is 0. The molecule has 0 saturated carbocycles. The van der Waals surface area contributed by atoms with Gasteiger partial charge in [-0.3, -0.25) is 0 Å². The van der Waals surface area contributed by atoms with Crippen LogP contribution in [-0.4, -0.2) is 11.7 Å². The van der Waals surface area contributed by atoms with Gasteiger partial charge >= 0.3 is 6.09 Å². The Hall–Kier alpha value is -1.58. The van der Waals surface area contributed by atoms with Gasteiger partial charge in [-0.2, -0.15) is 0 Å². The first-order valence-corrected chi connectivity index (χ1v) is 6.09. The van der Waals surface area contributed by atoms with E-state index in [0.29, 0.717) is 5.56 Å². The van der Waals surface area contributed by atoms with Crippen LogP contribution in [0.25, 0.3) is 0 Å². The zero-order valence-electron chi connectivity index (χ0n) is 11.3. The molecule has 1 N–H and O–H groups in total. The third kappa shape index (κ3) is 4.35. The van der Waals surface area contributed by atoms with Gasteiger partial charge in [-0.25, -0.2) is 9.18 Å². The number of amides is 1. The lowest BCUT2D eigenvalue weighted by Gasteiger charge is -2.24. The minimum Gasteiger partial charge on any atom is -0.444 e. The maximum atomic E-state index is 13.0. The zero-order valence-corrected chi connectivity index (χ0v) is 11.3. The Morgan fingerprint density at radius 1 is 1.50 bits per heavy atom. The summed E-state index contributed by atoms with van der Waals surface area (Å²) in [6.07, 6.45) is 0.244. The van der Waals surface area contributed by atoms with E-state index in [2.05, 4.69) is 5.32 Å². The summed E-state index contributed by atoms with van der Waals surface area (Å²) in [5, 5.41) is 2.69. The van der Waals surface area contributed by atoms with Crippen molar-refractivity contribution in [3.8, 4) is 0 Å². The summed E-state index contributed by atoms with van der Waals surface area (Å²) in [4.78, 5) is 11.7. The molecule has 1 amide bonds. The van der Waals surface area contributed by atoms with Crippen molar-refractivity contribution < 1.29 is 13.9 Å². The maximum absolute atomic E-state index is 13.0. The van der Waals surface area contributed by atoms with Crippen molar-refractivity contribution in [2.45, 2.75) is 45.8 Å². The molecule has 0 saturated heterocycles. The SMILES string of the molecule is CCC(C)(C)OC(=O)NC(C)c1cccc(F)c1. The zero-order chi connectivity index (χ0) is 13.8. The largest absolute Gasteiger partial charge is 0.444 e. The van der Waals surface area contributed by atoms with Crippen molar-refractivity contribution >= 4 is 6.09 Å². The maximum Gasteiger partial charge on any atom is 0.408 e. The first kappa shape index (κ1) is 14.5. The highest BCUT2D eigenvalue weighted by atomic mass is 19.1. The third-order valence-corrected chi connectivity index (χ3v) is 2.90. The highest BCUT2D eigenvalue weighted by Crippen LogP contribution is 2.16. The van der Waals surface area contributed by atoms with E-state index in [-0.39, 0.29) is 11.9 Å². The van der Waals surface area contributed by atoms with Gasteiger partial charge in [-0.15, -0.1) is 0 Å². The van der Waals surface area contributed by atoms with E-state index in [0.717, 1.165) is 6.42 Å². The van der Waals surface area contributed by atoms with Gasteiger partial charge in [0.15, 0.2) is 0 Å². The second-order valence-corrected chi connectivity index (χ2v) is 4.92. The average molecular weight is 253 g/mol. The summed E-state index contributed by atoms with van der Waals surface area (Å²) in [5.74, 6) is -0.316. The van der Waals surface area contributed by atoms with Crippen molar-refractivity contribution in [2.75, 3.05) is 0 Å². The molecule has 0 aliphatic rings. The lowest BCUT2D eigenvalue weighted by Crippen LogP contribution is -2.35. The second-order valence-electron chi connectivity index (χ2n) is 4.92. The van der Waals surface area contributed by atoms with Gasteiger partial charge < -0.3 is 10.1 Å². The highest BCUT2D eigenvalue weighted by molar-refractivity contribution is 5.68. The Kier molecular flexibility index (Phi) is 4.70. The number of carbonyl (C=O) groups is 1. The first-order chi connectivity index (χ1) is 8.34. The molecule has 0 aromatic heterocycles. The lowest BCUT2D eigenvalue weighted by molar-refractivity contribution is 0.0346. The number of benzene rings is 1. The predicted octanol–water partition coefficient (Wildman–Crippen LogP) is 3.80. The Labute approximate surface area is 107 Å². The molecule has 18 heavy (non-hydrogen) atoms. The average Bonchev–Trinajstić information content (AvgIpc) is 2.28. The predicted molar refractivity (Wildman–Crippen MR) is 68.8 cm³/mol. The Balaban J connectivity index is 2.60. The van der Waals surface area contributed by atoms with Crippen molar-refractivity contribution in [1.82, 2.24) is 5.32 Å². The van der Waals surface area contributed by atoms with Gasteiger partial charge in [-0.1, -0.05) is 19.1 Å². The van der Waals surface area contributed by atoms with E-state index in [4.69, 9.17) is 4.74 Å². The quantitative estimate of drug-likeness (QED) is 0.886. The molecule has 3 nitrogen and oxygen atoms in total. The number of ether oxygens (including phenoxy) is 1. The van der Waals surface area contributed by atoms with Gasteiger partial charge in [0, 0.05) is 0 Å². The van der Waals surface area contributed by atoms with Crippen LogP contribution in [-0.2, 0) is 4.74 Å². The van der Waals surface area contributed by atoms with Crippen LogP contribution in [0.1, 0.15) is 45.7 Å². The summed E-state index contributed by atoms with van der Waals surface area (Å²) in [6, 6.07) is 5.86. The van der Waals surface area contributed by atoms with E-state index < -0.39 is 11.7 Å². The summed E-state index contributed by atoms with van der Waals surface area (Å²) in [7, 11) is 0. The van der Waals surface area contributed by atoms with Gasteiger partial charge in [0.05, 0.1) is 6.04 Å². The van der Waals surface area contributed by atoms with Crippen LogP contribution in [0.2, 0.25) is 0 Å². The van der Waals surface area contributed by atoms with E-state index in [1.54, 1.807) is 19.1 Å². The first-order valence-electron chi connectivity index (χ1n) is 6.09. The molecule has 100 valence electrons. The number of rotatable bonds is 4. The number of alkyl carbamates (subject to hydrolysis) is 1. The normalized spacial score (nSPS) is 12.9. The van der Waals surface area contributed by atoms with Crippen molar-refractivity contribution in [3.63, 3.8) is 0 Å². The minimum atomic E-state index is -0.494. The number of hydrogen-bond acceptors (Lipinski definition) is 2. The molecule has 0 bridgehead atoms.